The molecule has 0 atom stereocenters. The summed E-state index contributed by atoms with van der Waals surface area (Å²) in [6.45, 7) is 8.79. The molecule has 24 heavy (non-hydrogen) atoms. The van der Waals surface area contributed by atoms with E-state index in [-0.39, 0.29) is 5.97 Å². The molecule has 1 aliphatic heterocycles. The second-order valence-corrected chi connectivity index (χ2v) is 6.54. The van der Waals surface area contributed by atoms with Crippen LogP contribution in [0.1, 0.15) is 40.5 Å². The SMILES string of the molecule is CCN1CCc2c(c3cc(C)cc(C(=O)OC)c3n2CCCN)C1. The molecule has 0 bridgehead atoms. The molecule has 0 unspecified atom stereocenters. The van der Waals surface area contributed by atoms with Crippen LogP contribution in [0, 0.1) is 6.92 Å². The molecule has 3 rings (SSSR count). The van der Waals surface area contributed by atoms with E-state index < -0.39 is 0 Å². The predicted octanol–water partition coefficient (Wildman–Crippen LogP) is 2.46. The first kappa shape index (κ1) is 17.0. The molecule has 0 aliphatic carbocycles. The summed E-state index contributed by atoms with van der Waals surface area (Å²) in [5, 5.41) is 1.19. The van der Waals surface area contributed by atoms with Crippen LogP contribution < -0.4 is 5.73 Å². The van der Waals surface area contributed by atoms with E-state index in [4.69, 9.17) is 10.5 Å². The third-order valence-electron chi connectivity index (χ3n) is 5.01. The first-order valence-corrected chi connectivity index (χ1v) is 8.76. The van der Waals surface area contributed by atoms with Crippen LogP contribution in [-0.2, 0) is 24.2 Å². The molecule has 5 nitrogen and oxygen atoms in total. The van der Waals surface area contributed by atoms with E-state index in [0.717, 1.165) is 50.1 Å². The van der Waals surface area contributed by atoms with E-state index in [1.165, 1.54) is 23.8 Å². The largest absolute Gasteiger partial charge is 0.465 e. The lowest BCUT2D eigenvalue weighted by molar-refractivity contribution is 0.0602. The van der Waals surface area contributed by atoms with Crippen LogP contribution in [0.25, 0.3) is 10.9 Å². The van der Waals surface area contributed by atoms with Gasteiger partial charge in [-0.15, -0.1) is 0 Å². The Hall–Kier alpha value is -1.85. The highest BCUT2D eigenvalue weighted by Crippen LogP contribution is 2.34. The van der Waals surface area contributed by atoms with Crippen molar-refractivity contribution in [3.8, 4) is 0 Å². The summed E-state index contributed by atoms with van der Waals surface area (Å²) in [6.07, 6.45) is 1.92. The Morgan fingerprint density at radius 2 is 2.17 bits per heavy atom. The Labute approximate surface area is 143 Å². The third-order valence-corrected chi connectivity index (χ3v) is 5.01. The van der Waals surface area contributed by atoms with Gasteiger partial charge in [-0.1, -0.05) is 6.92 Å². The lowest BCUT2D eigenvalue weighted by atomic mass is 10.0. The molecule has 0 amide bonds. The van der Waals surface area contributed by atoms with Gasteiger partial charge in [0, 0.05) is 37.1 Å². The first-order chi connectivity index (χ1) is 11.6. The molecule has 0 radical (unpaired) electrons. The number of aryl methyl sites for hydroxylation is 2. The van der Waals surface area contributed by atoms with Gasteiger partial charge in [0.25, 0.3) is 0 Å². The van der Waals surface area contributed by atoms with Crippen molar-refractivity contribution in [2.75, 3.05) is 26.7 Å². The van der Waals surface area contributed by atoms with Gasteiger partial charge in [-0.25, -0.2) is 4.79 Å². The maximum atomic E-state index is 12.4. The van der Waals surface area contributed by atoms with Crippen LogP contribution in [0.15, 0.2) is 12.1 Å². The maximum Gasteiger partial charge on any atom is 0.340 e. The predicted molar refractivity (Wildman–Crippen MR) is 96.3 cm³/mol. The van der Waals surface area contributed by atoms with Crippen molar-refractivity contribution in [2.24, 2.45) is 5.73 Å². The van der Waals surface area contributed by atoms with Crippen molar-refractivity contribution in [2.45, 2.75) is 39.8 Å². The van der Waals surface area contributed by atoms with Gasteiger partial charge in [0.2, 0.25) is 0 Å². The number of fused-ring (bicyclic) bond motifs is 3. The van der Waals surface area contributed by atoms with Crippen LogP contribution in [-0.4, -0.2) is 42.2 Å². The minimum absolute atomic E-state index is 0.264. The van der Waals surface area contributed by atoms with Gasteiger partial charge in [-0.05, 0) is 49.7 Å². The Balaban J connectivity index is 2.27. The maximum absolute atomic E-state index is 12.4. The number of hydrogen-bond acceptors (Lipinski definition) is 4. The van der Waals surface area contributed by atoms with Gasteiger partial charge in [-0.3, -0.25) is 4.90 Å². The number of carbonyl (C=O) groups is 1. The van der Waals surface area contributed by atoms with Gasteiger partial charge < -0.3 is 15.0 Å². The summed E-state index contributed by atoms with van der Waals surface area (Å²) in [7, 11) is 1.45. The normalized spacial score (nSPS) is 14.8. The van der Waals surface area contributed by atoms with E-state index in [1.807, 2.05) is 13.0 Å². The topological polar surface area (TPSA) is 60.5 Å². The summed E-state index contributed by atoms with van der Waals surface area (Å²) >= 11 is 0. The molecule has 0 spiro atoms. The van der Waals surface area contributed by atoms with Gasteiger partial charge in [0.05, 0.1) is 18.2 Å². The number of benzene rings is 1. The van der Waals surface area contributed by atoms with E-state index in [2.05, 4.69) is 22.5 Å². The van der Waals surface area contributed by atoms with Crippen LogP contribution in [0.2, 0.25) is 0 Å². The van der Waals surface area contributed by atoms with Crippen molar-refractivity contribution >= 4 is 16.9 Å². The third kappa shape index (κ3) is 2.82. The highest BCUT2D eigenvalue weighted by atomic mass is 16.5. The average molecular weight is 329 g/mol. The summed E-state index contributed by atoms with van der Waals surface area (Å²) in [4.78, 5) is 14.8. The zero-order chi connectivity index (χ0) is 17.3. The number of esters is 1. The minimum Gasteiger partial charge on any atom is -0.465 e. The van der Waals surface area contributed by atoms with Crippen LogP contribution in [0.5, 0.6) is 0 Å². The second kappa shape index (κ2) is 6.95. The molecule has 2 N–H and O–H groups in total. The van der Waals surface area contributed by atoms with Gasteiger partial charge in [0.15, 0.2) is 0 Å². The Morgan fingerprint density at radius 3 is 2.83 bits per heavy atom. The van der Waals surface area contributed by atoms with Gasteiger partial charge in [-0.2, -0.15) is 0 Å². The highest BCUT2D eigenvalue weighted by Gasteiger charge is 2.26. The Morgan fingerprint density at radius 1 is 1.38 bits per heavy atom. The number of hydrogen-bond donors (Lipinski definition) is 1. The summed E-state index contributed by atoms with van der Waals surface area (Å²) < 4.78 is 7.36. The fourth-order valence-corrected chi connectivity index (χ4v) is 3.81. The van der Waals surface area contributed by atoms with Crippen molar-refractivity contribution in [3.05, 3.63) is 34.5 Å². The van der Waals surface area contributed by atoms with Crippen LogP contribution >= 0.6 is 0 Å². The lowest BCUT2D eigenvalue weighted by Gasteiger charge is -2.26. The average Bonchev–Trinajstić information content (AvgIpc) is 2.91. The van der Waals surface area contributed by atoms with E-state index in [9.17, 15) is 4.79 Å². The number of carbonyl (C=O) groups excluding carboxylic acids is 1. The minimum atomic E-state index is -0.264. The quantitative estimate of drug-likeness (QED) is 0.856. The summed E-state index contributed by atoms with van der Waals surface area (Å²) in [6, 6.07) is 4.15. The fraction of sp³-hybridized carbons (Fsp3) is 0.526. The molecular weight excluding hydrogens is 302 g/mol. The number of aromatic nitrogens is 1. The fourth-order valence-electron chi connectivity index (χ4n) is 3.81. The van der Waals surface area contributed by atoms with Crippen LogP contribution in [0.4, 0.5) is 0 Å². The van der Waals surface area contributed by atoms with E-state index in [0.29, 0.717) is 12.1 Å². The van der Waals surface area contributed by atoms with E-state index >= 15 is 0 Å². The van der Waals surface area contributed by atoms with E-state index in [1.54, 1.807) is 0 Å². The molecule has 1 aliphatic rings. The standard InChI is InChI=1S/C19H27N3O2/c1-4-21-9-6-17-16(12-21)14-10-13(2)11-15(19(23)24-3)18(14)22(17)8-5-7-20/h10-11H,4-9,12,20H2,1-3H3. The number of rotatable bonds is 5. The highest BCUT2D eigenvalue weighted by molar-refractivity contribution is 6.05. The monoisotopic (exact) mass is 329 g/mol. The summed E-state index contributed by atoms with van der Waals surface area (Å²) in [5.74, 6) is -0.264. The van der Waals surface area contributed by atoms with Crippen molar-refractivity contribution < 1.29 is 9.53 Å². The molecular formula is C19H27N3O2. The molecule has 2 heterocycles. The first-order valence-electron chi connectivity index (χ1n) is 8.76. The zero-order valence-corrected chi connectivity index (χ0v) is 14.9. The van der Waals surface area contributed by atoms with Crippen molar-refractivity contribution in [1.29, 1.82) is 0 Å². The molecule has 130 valence electrons. The molecule has 0 saturated carbocycles. The molecule has 0 fully saturated rings. The van der Waals surface area contributed by atoms with Gasteiger partial charge >= 0.3 is 5.97 Å². The molecule has 0 saturated heterocycles. The van der Waals surface area contributed by atoms with Crippen molar-refractivity contribution in [1.82, 2.24) is 9.47 Å². The number of nitrogens with two attached hydrogens (primary N) is 1. The molecule has 2 aromatic rings. The Bertz CT molecular complexity index is 764. The second-order valence-electron chi connectivity index (χ2n) is 6.54. The number of likely N-dealkylation sites (N-methyl/N-ethyl adjacent to an activating group) is 1. The van der Waals surface area contributed by atoms with Gasteiger partial charge in [0.1, 0.15) is 0 Å². The zero-order valence-electron chi connectivity index (χ0n) is 14.9. The number of methoxy groups -OCH3 is 1. The smallest absolute Gasteiger partial charge is 0.340 e. The summed E-state index contributed by atoms with van der Waals surface area (Å²) in [5.41, 5.74) is 11.2. The number of nitrogens with zero attached hydrogens (tertiary/aromatic N) is 2. The Kier molecular flexibility index (Phi) is 4.92. The van der Waals surface area contributed by atoms with Crippen LogP contribution in [0.3, 0.4) is 0 Å². The molecule has 1 aromatic carbocycles. The van der Waals surface area contributed by atoms with Crippen molar-refractivity contribution in [3.63, 3.8) is 0 Å². The number of ether oxygens (including phenoxy) is 1. The molecule has 1 aromatic heterocycles. The molecule has 5 heteroatoms. The lowest BCUT2D eigenvalue weighted by Crippen LogP contribution is -2.30.